The predicted octanol–water partition coefficient (Wildman–Crippen LogP) is 0.922. The van der Waals surface area contributed by atoms with Crippen LogP contribution < -0.4 is 10.7 Å². The first-order valence-electron chi connectivity index (χ1n) is 6.72. The molecule has 0 aliphatic carbocycles. The molecule has 2 rings (SSSR count). The summed E-state index contributed by atoms with van der Waals surface area (Å²) in [6.45, 7) is 1.12. The van der Waals surface area contributed by atoms with Crippen LogP contribution in [0.15, 0.2) is 39.5 Å². The smallest absolute Gasteiger partial charge is 0.287 e. The van der Waals surface area contributed by atoms with Gasteiger partial charge in [0.25, 0.3) is 5.91 Å². The number of hydrogen-bond donors (Lipinski definition) is 2. The van der Waals surface area contributed by atoms with Gasteiger partial charge in [-0.25, -0.2) is 0 Å². The van der Waals surface area contributed by atoms with Crippen LogP contribution in [0.2, 0.25) is 0 Å². The molecular weight excluding hydrogens is 274 g/mol. The van der Waals surface area contributed by atoms with Gasteiger partial charge < -0.3 is 19.6 Å². The number of nitrogens with one attached hydrogen (secondary N) is 1. The molecule has 2 N–H and O–H groups in total. The topological polar surface area (TPSA) is 88.8 Å². The predicted molar refractivity (Wildman–Crippen MR) is 77.3 cm³/mol. The van der Waals surface area contributed by atoms with Gasteiger partial charge in [0.05, 0.1) is 18.6 Å². The highest BCUT2D eigenvalue weighted by molar-refractivity contribution is 5.93. The molecule has 1 aromatic heterocycles. The molecule has 0 spiro atoms. The molecule has 6 heteroatoms. The summed E-state index contributed by atoms with van der Waals surface area (Å²) >= 11 is 0. The van der Waals surface area contributed by atoms with Gasteiger partial charge in [-0.2, -0.15) is 0 Å². The fourth-order valence-electron chi connectivity index (χ4n) is 1.85. The van der Waals surface area contributed by atoms with Gasteiger partial charge in [0.2, 0.25) is 0 Å². The van der Waals surface area contributed by atoms with Crippen LogP contribution >= 0.6 is 0 Å². The second kappa shape index (κ2) is 7.56. The van der Waals surface area contributed by atoms with E-state index < -0.39 is 5.91 Å². The number of benzene rings is 1. The number of amides is 1. The second-order valence-corrected chi connectivity index (χ2v) is 4.42. The van der Waals surface area contributed by atoms with E-state index >= 15 is 0 Å². The van der Waals surface area contributed by atoms with Crippen LogP contribution in [-0.4, -0.2) is 37.4 Å². The van der Waals surface area contributed by atoms with Gasteiger partial charge in [0, 0.05) is 19.2 Å². The maximum atomic E-state index is 11.9. The van der Waals surface area contributed by atoms with Crippen LogP contribution in [0.1, 0.15) is 17.0 Å². The molecule has 1 heterocycles. The lowest BCUT2D eigenvalue weighted by Crippen LogP contribution is -2.26. The van der Waals surface area contributed by atoms with Crippen LogP contribution in [0.3, 0.4) is 0 Å². The minimum absolute atomic E-state index is 0.00465. The average molecular weight is 291 g/mol. The van der Waals surface area contributed by atoms with E-state index in [0.717, 1.165) is 0 Å². The first-order valence-corrected chi connectivity index (χ1v) is 6.72. The van der Waals surface area contributed by atoms with Crippen molar-refractivity contribution in [3.63, 3.8) is 0 Å². The lowest BCUT2D eigenvalue weighted by atomic mass is 10.2. The minimum atomic E-state index is -0.431. The summed E-state index contributed by atoms with van der Waals surface area (Å²) in [7, 11) is 0. The van der Waals surface area contributed by atoms with E-state index in [0.29, 0.717) is 30.5 Å². The number of fused-ring (bicyclic) bond motifs is 1. The Hall–Kier alpha value is -2.18. The summed E-state index contributed by atoms with van der Waals surface area (Å²) in [5.41, 5.74) is 0.148. The van der Waals surface area contributed by atoms with Gasteiger partial charge in [-0.15, -0.1) is 0 Å². The van der Waals surface area contributed by atoms with Crippen molar-refractivity contribution in [2.45, 2.75) is 6.42 Å². The SMILES string of the molecule is O=C(NCCCOCCO)c1cc(=O)c2ccccc2o1. The maximum absolute atomic E-state index is 11.9. The number of aliphatic hydroxyl groups excluding tert-OH is 1. The van der Waals surface area contributed by atoms with E-state index in [1.165, 1.54) is 6.07 Å². The van der Waals surface area contributed by atoms with E-state index in [1.807, 2.05) is 0 Å². The molecule has 0 saturated carbocycles. The number of carbonyl (C=O) groups excluding carboxylic acids is 1. The molecule has 0 saturated heterocycles. The van der Waals surface area contributed by atoms with Gasteiger partial charge >= 0.3 is 0 Å². The molecule has 6 nitrogen and oxygen atoms in total. The molecule has 0 aliphatic rings. The fourth-order valence-corrected chi connectivity index (χ4v) is 1.85. The molecule has 1 amide bonds. The first kappa shape index (κ1) is 15.2. The van der Waals surface area contributed by atoms with Crippen molar-refractivity contribution >= 4 is 16.9 Å². The van der Waals surface area contributed by atoms with Crippen molar-refractivity contribution in [2.75, 3.05) is 26.4 Å². The Morgan fingerprint density at radius 3 is 2.90 bits per heavy atom. The van der Waals surface area contributed by atoms with Crippen molar-refractivity contribution in [3.05, 3.63) is 46.3 Å². The summed E-state index contributed by atoms with van der Waals surface area (Å²) in [6, 6.07) is 7.98. The number of hydrogen-bond acceptors (Lipinski definition) is 5. The molecule has 0 atom stereocenters. The Kier molecular flexibility index (Phi) is 5.48. The molecule has 112 valence electrons. The van der Waals surface area contributed by atoms with Crippen molar-refractivity contribution in [2.24, 2.45) is 0 Å². The number of para-hydroxylation sites is 1. The molecule has 0 aliphatic heterocycles. The Labute approximate surface area is 121 Å². The van der Waals surface area contributed by atoms with Crippen molar-refractivity contribution in [1.82, 2.24) is 5.32 Å². The Morgan fingerprint density at radius 2 is 2.10 bits per heavy atom. The first-order chi connectivity index (χ1) is 10.2. The highest BCUT2D eigenvalue weighted by atomic mass is 16.5. The maximum Gasteiger partial charge on any atom is 0.287 e. The zero-order valence-electron chi connectivity index (χ0n) is 11.5. The molecule has 0 fully saturated rings. The number of ether oxygens (including phenoxy) is 1. The third kappa shape index (κ3) is 4.14. The summed E-state index contributed by atoms with van der Waals surface area (Å²) in [4.78, 5) is 23.8. The van der Waals surface area contributed by atoms with Crippen LogP contribution in [0.25, 0.3) is 11.0 Å². The molecule has 0 radical (unpaired) electrons. The van der Waals surface area contributed by atoms with Crippen LogP contribution in [0.5, 0.6) is 0 Å². The Balaban J connectivity index is 1.95. The van der Waals surface area contributed by atoms with Crippen LogP contribution in [0, 0.1) is 0 Å². The van der Waals surface area contributed by atoms with Gasteiger partial charge in [0.15, 0.2) is 11.2 Å². The molecule has 21 heavy (non-hydrogen) atoms. The normalized spacial score (nSPS) is 10.7. The summed E-state index contributed by atoms with van der Waals surface area (Å²) < 4.78 is 10.5. The summed E-state index contributed by atoms with van der Waals surface area (Å²) in [6.07, 6.45) is 0.615. The van der Waals surface area contributed by atoms with E-state index in [-0.39, 0.29) is 24.4 Å². The Morgan fingerprint density at radius 1 is 1.29 bits per heavy atom. The van der Waals surface area contributed by atoms with Crippen LogP contribution in [0.4, 0.5) is 0 Å². The van der Waals surface area contributed by atoms with Crippen LogP contribution in [-0.2, 0) is 4.74 Å². The van der Waals surface area contributed by atoms with Crippen molar-refractivity contribution < 1.29 is 19.1 Å². The van der Waals surface area contributed by atoms with Crippen molar-refractivity contribution in [3.8, 4) is 0 Å². The number of aliphatic hydroxyl groups is 1. The molecule has 1 aromatic carbocycles. The lowest BCUT2D eigenvalue weighted by Gasteiger charge is -2.05. The lowest BCUT2D eigenvalue weighted by molar-refractivity contribution is 0.0856. The fraction of sp³-hybridized carbons (Fsp3) is 0.333. The van der Waals surface area contributed by atoms with Crippen molar-refractivity contribution in [1.29, 1.82) is 0 Å². The number of carbonyl (C=O) groups is 1. The van der Waals surface area contributed by atoms with E-state index in [9.17, 15) is 9.59 Å². The third-order valence-electron chi connectivity index (χ3n) is 2.85. The van der Waals surface area contributed by atoms with E-state index in [2.05, 4.69) is 5.32 Å². The standard InChI is InChI=1S/C15H17NO5/c17-7-9-20-8-3-6-16-15(19)14-10-12(18)11-4-1-2-5-13(11)21-14/h1-2,4-5,10,17H,3,6-9H2,(H,16,19). The quantitative estimate of drug-likeness (QED) is 0.741. The van der Waals surface area contributed by atoms with Gasteiger partial charge in [-0.3, -0.25) is 9.59 Å². The van der Waals surface area contributed by atoms with Gasteiger partial charge in [-0.05, 0) is 18.6 Å². The minimum Gasteiger partial charge on any atom is -0.451 e. The molecule has 0 unspecified atom stereocenters. The van der Waals surface area contributed by atoms with Gasteiger partial charge in [0.1, 0.15) is 5.58 Å². The Bertz CT molecular complexity index is 664. The molecule has 2 aromatic rings. The monoisotopic (exact) mass is 291 g/mol. The zero-order chi connectivity index (χ0) is 15.1. The number of rotatable bonds is 7. The zero-order valence-corrected chi connectivity index (χ0v) is 11.5. The summed E-state index contributed by atoms with van der Waals surface area (Å²) in [5, 5.41) is 11.6. The largest absolute Gasteiger partial charge is 0.451 e. The molecule has 0 bridgehead atoms. The third-order valence-corrected chi connectivity index (χ3v) is 2.85. The molecular formula is C15H17NO5. The average Bonchev–Trinajstić information content (AvgIpc) is 2.50. The summed E-state index contributed by atoms with van der Waals surface area (Å²) in [5.74, 6) is -0.435. The van der Waals surface area contributed by atoms with E-state index in [1.54, 1.807) is 24.3 Å². The van der Waals surface area contributed by atoms with Gasteiger partial charge in [-0.1, -0.05) is 12.1 Å². The van der Waals surface area contributed by atoms with E-state index in [4.69, 9.17) is 14.3 Å². The highest BCUT2D eigenvalue weighted by Crippen LogP contribution is 2.11. The highest BCUT2D eigenvalue weighted by Gasteiger charge is 2.11. The second-order valence-electron chi connectivity index (χ2n) is 4.42.